The number of amides is 1. The van der Waals surface area contributed by atoms with Crippen LogP contribution in [-0.2, 0) is 4.79 Å². The van der Waals surface area contributed by atoms with Gasteiger partial charge in [-0.2, -0.15) is 0 Å². The van der Waals surface area contributed by atoms with E-state index >= 15 is 0 Å². The normalized spacial score (nSPS) is 11.1. The molecule has 0 saturated carbocycles. The number of halogens is 2. The van der Waals surface area contributed by atoms with Gasteiger partial charge in [0, 0.05) is 15.7 Å². The summed E-state index contributed by atoms with van der Waals surface area (Å²) in [5.41, 5.74) is 7.24. The van der Waals surface area contributed by atoms with Gasteiger partial charge in [-0.3, -0.25) is 4.79 Å². The van der Waals surface area contributed by atoms with Crippen molar-refractivity contribution in [1.82, 2.24) is 4.98 Å². The largest absolute Gasteiger partial charge is 0.482 e. The third-order valence-electron chi connectivity index (χ3n) is 5.30. The van der Waals surface area contributed by atoms with Crippen molar-refractivity contribution in [2.24, 2.45) is 0 Å². The number of ether oxygens (including phenoxy) is 1. The zero-order chi connectivity index (χ0) is 23.0. The van der Waals surface area contributed by atoms with Crippen LogP contribution in [0.4, 0.5) is 5.69 Å². The van der Waals surface area contributed by atoms with Gasteiger partial charge in [-0.05, 0) is 102 Å². The smallest absolute Gasteiger partial charge is 0.262 e. The van der Waals surface area contributed by atoms with E-state index in [0.717, 1.165) is 42.3 Å². The number of nitrogens with zero attached hydrogens (tertiary/aromatic N) is 1. The van der Waals surface area contributed by atoms with Crippen LogP contribution in [0.2, 0.25) is 0 Å². The first-order valence-electron chi connectivity index (χ1n) is 10.1. The molecule has 0 unspecified atom stereocenters. The molecule has 0 aliphatic rings. The molecule has 0 bridgehead atoms. The molecule has 0 spiro atoms. The number of hydrogen-bond acceptors (Lipinski definition) is 4. The van der Waals surface area contributed by atoms with Gasteiger partial charge in [-0.1, -0.05) is 22.0 Å². The lowest BCUT2D eigenvalue weighted by Gasteiger charge is -2.13. The summed E-state index contributed by atoms with van der Waals surface area (Å²) in [4.78, 5) is 17.2. The zero-order valence-corrected chi connectivity index (χ0v) is 21.3. The third-order valence-corrected chi connectivity index (χ3v) is 6.35. The van der Waals surface area contributed by atoms with E-state index in [1.54, 1.807) is 0 Å². The van der Waals surface area contributed by atoms with Crippen molar-refractivity contribution in [1.29, 1.82) is 0 Å². The van der Waals surface area contributed by atoms with Crippen molar-refractivity contribution < 1.29 is 13.9 Å². The summed E-state index contributed by atoms with van der Waals surface area (Å²) in [5.74, 6) is 0.917. The van der Waals surface area contributed by atoms with Gasteiger partial charge in [0.25, 0.3) is 5.91 Å². The number of hydrogen-bond donors (Lipinski definition) is 1. The van der Waals surface area contributed by atoms with Crippen LogP contribution >= 0.6 is 31.9 Å². The van der Waals surface area contributed by atoms with Gasteiger partial charge < -0.3 is 14.5 Å². The molecule has 1 amide bonds. The lowest BCUT2D eigenvalue weighted by atomic mass is 10.1. The molecule has 0 radical (unpaired) electrons. The van der Waals surface area contributed by atoms with E-state index in [0.29, 0.717) is 17.3 Å². The maximum absolute atomic E-state index is 12.6. The fourth-order valence-electron chi connectivity index (χ4n) is 3.39. The van der Waals surface area contributed by atoms with E-state index < -0.39 is 0 Å². The molecule has 3 aromatic carbocycles. The van der Waals surface area contributed by atoms with Crippen LogP contribution in [0.15, 0.2) is 55.8 Å². The number of carbonyl (C=O) groups is 1. The number of oxazole rings is 1. The summed E-state index contributed by atoms with van der Waals surface area (Å²) in [6, 6.07) is 13.6. The fraction of sp³-hybridized carbons (Fsp3) is 0.200. The van der Waals surface area contributed by atoms with Crippen LogP contribution in [0.1, 0.15) is 22.3 Å². The maximum Gasteiger partial charge on any atom is 0.262 e. The molecule has 0 aliphatic heterocycles. The first kappa shape index (κ1) is 22.6. The van der Waals surface area contributed by atoms with Crippen molar-refractivity contribution >= 4 is 54.6 Å². The molecule has 32 heavy (non-hydrogen) atoms. The average molecular weight is 558 g/mol. The van der Waals surface area contributed by atoms with E-state index in [1.807, 2.05) is 63.2 Å². The van der Waals surface area contributed by atoms with Gasteiger partial charge in [-0.15, -0.1) is 0 Å². The lowest BCUT2D eigenvalue weighted by molar-refractivity contribution is -0.118. The van der Waals surface area contributed by atoms with Gasteiger partial charge >= 0.3 is 0 Å². The van der Waals surface area contributed by atoms with E-state index in [2.05, 4.69) is 49.1 Å². The van der Waals surface area contributed by atoms with Crippen LogP contribution in [0.5, 0.6) is 5.75 Å². The monoisotopic (exact) mass is 556 g/mol. The molecule has 0 fully saturated rings. The van der Waals surface area contributed by atoms with Gasteiger partial charge in [0.05, 0.1) is 4.47 Å². The number of aryl methyl sites for hydroxylation is 4. The fourth-order valence-corrected chi connectivity index (χ4v) is 4.94. The predicted molar refractivity (Wildman–Crippen MR) is 134 cm³/mol. The van der Waals surface area contributed by atoms with Crippen molar-refractivity contribution in [3.8, 4) is 17.2 Å². The Balaban J connectivity index is 1.52. The standard InChI is InChI=1S/C25H22Br2N2O3/c1-13-5-6-17(25-29-21-8-14(2)15(3)9-22(21)32-25)10-20(13)28-23(30)12-31-24-16(4)7-18(26)11-19(24)27/h5-11H,12H2,1-4H3,(H,28,30). The minimum absolute atomic E-state index is 0.105. The van der Waals surface area contributed by atoms with E-state index in [-0.39, 0.29) is 12.5 Å². The van der Waals surface area contributed by atoms with Crippen LogP contribution in [-0.4, -0.2) is 17.5 Å². The third kappa shape index (κ3) is 4.74. The second kappa shape index (κ2) is 9.08. The first-order valence-corrected chi connectivity index (χ1v) is 11.7. The number of anilines is 1. The predicted octanol–water partition coefficient (Wildman–Crippen LogP) is 7.27. The summed E-state index contributed by atoms with van der Waals surface area (Å²) < 4.78 is 13.5. The summed E-state index contributed by atoms with van der Waals surface area (Å²) in [6.45, 7) is 7.87. The highest BCUT2D eigenvalue weighted by molar-refractivity contribution is 9.11. The number of carbonyl (C=O) groups excluding carboxylic acids is 1. The van der Waals surface area contributed by atoms with Crippen molar-refractivity contribution in [3.63, 3.8) is 0 Å². The second-order valence-electron chi connectivity index (χ2n) is 7.82. The molecule has 4 rings (SSSR count). The van der Waals surface area contributed by atoms with Crippen LogP contribution in [0, 0.1) is 27.7 Å². The van der Waals surface area contributed by atoms with Gasteiger partial charge in [0.2, 0.25) is 5.89 Å². The molecular formula is C25H22Br2N2O3. The minimum Gasteiger partial charge on any atom is -0.482 e. The van der Waals surface area contributed by atoms with Gasteiger partial charge in [0.15, 0.2) is 12.2 Å². The summed E-state index contributed by atoms with van der Waals surface area (Å²) in [6.07, 6.45) is 0. The number of rotatable bonds is 5. The summed E-state index contributed by atoms with van der Waals surface area (Å²) in [5, 5.41) is 2.93. The summed E-state index contributed by atoms with van der Waals surface area (Å²) >= 11 is 6.93. The highest BCUT2D eigenvalue weighted by Crippen LogP contribution is 2.33. The van der Waals surface area contributed by atoms with Crippen LogP contribution in [0.25, 0.3) is 22.6 Å². The quantitative estimate of drug-likeness (QED) is 0.280. The molecule has 5 nitrogen and oxygen atoms in total. The number of nitrogens with one attached hydrogen (secondary N) is 1. The van der Waals surface area contributed by atoms with Crippen LogP contribution < -0.4 is 10.1 Å². The molecule has 7 heteroatoms. The molecule has 164 valence electrons. The summed E-state index contributed by atoms with van der Waals surface area (Å²) in [7, 11) is 0. The first-order chi connectivity index (χ1) is 15.2. The average Bonchev–Trinajstić information content (AvgIpc) is 3.11. The Kier molecular flexibility index (Phi) is 6.40. The van der Waals surface area contributed by atoms with Crippen molar-refractivity contribution in [2.75, 3.05) is 11.9 Å². The SMILES string of the molecule is Cc1cc2nc(-c3ccc(C)c(NC(=O)COc4c(C)cc(Br)cc4Br)c3)oc2cc1C. The lowest BCUT2D eigenvalue weighted by Crippen LogP contribution is -2.21. The molecule has 4 aromatic rings. The Morgan fingerprint density at radius 3 is 2.47 bits per heavy atom. The zero-order valence-electron chi connectivity index (χ0n) is 18.2. The molecule has 0 saturated heterocycles. The number of benzene rings is 3. The topological polar surface area (TPSA) is 64.4 Å². The van der Waals surface area contributed by atoms with E-state index in [9.17, 15) is 4.79 Å². The highest BCUT2D eigenvalue weighted by Gasteiger charge is 2.14. The van der Waals surface area contributed by atoms with E-state index in [1.165, 1.54) is 5.56 Å². The number of fused-ring (bicyclic) bond motifs is 1. The Hall–Kier alpha value is -2.64. The second-order valence-corrected chi connectivity index (χ2v) is 9.59. The Labute approximate surface area is 203 Å². The molecule has 0 aliphatic carbocycles. The Morgan fingerprint density at radius 1 is 0.969 bits per heavy atom. The minimum atomic E-state index is -0.247. The van der Waals surface area contributed by atoms with Crippen molar-refractivity contribution in [3.05, 3.63) is 73.7 Å². The van der Waals surface area contributed by atoms with Gasteiger partial charge in [0.1, 0.15) is 11.3 Å². The van der Waals surface area contributed by atoms with Crippen molar-refractivity contribution in [2.45, 2.75) is 27.7 Å². The van der Waals surface area contributed by atoms with Crippen LogP contribution in [0.3, 0.4) is 0 Å². The number of aromatic nitrogens is 1. The molecule has 0 atom stereocenters. The Morgan fingerprint density at radius 2 is 1.72 bits per heavy atom. The molecule has 1 N–H and O–H groups in total. The highest BCUT2D eigenvalue weighted by atomic mass is 79.9. The molecule has 1 heterocycles. The van der Waals surface area contributed by atoms with E-state index in [4.69, 9.17) is 9.15 Å². The Bertz CT molecular complexity index is 1280. The van der Waals surface area contributed by atoms with Gasteiger partial charge in [-0.25, -0.2) is 4.98 Å². The molecule has 1 aromatic heterocycles. The maximum atomic E-state index is 12.6. The molecular weight excluding hydrogens is 536 g/mol.